The maximum absolute atomic E-state index is 12.3. The van der Waals surface area contributed by atoms with E-state index in [1.165, 1.54) is 17.8 Å². The van der Waals surface area contributed by atoms with Crippen molar-refractivity contribution in [2.45, 2.75) is 32.6 Å². The molecule has 0 spiro atoms. The molecule has 1 aliphatic rings. The molecule has 112 valence electrons. The van der Waals surface area contributed by atoms with E-state index in [1.54, 1.807) is 7.11 Å². The van der Waals surface area contributed by atoms with E-state index < -0.39 is 0 Å². The van der Waals surface area contributed by atoms with Crippen molar-refractivity contribution in [2.24, 2.45) is 11.8 Å². The second-order valence-corrected chi connectivity index (χ2v) is 6.84. The van der Waals surface area contributed by atoms with Crippen LogP contribution in [0.5, 0.6) is 5.75 Å². The van der Waals surface area contributed by atoms with Gasteiger partial charge in [0.25, 0.3) is 0 Å². The minimum atomic E-state index is 0.118. The highest BCUT2D eigenvalue weighted by molar-refractivity contribution is 7.22. The summed E-state index contributed by atoms with van der Waals surface area (Å²) in [6, 6.07) is 5.75. The number of ether oxygens (including phenoxy) is 1. The minimum Gasteiger partial charge on any atom is -0.497 e. The molecule has 1 aromatic carbocycles. The van der Waals surface area contributed by atoms with E-state index in [0.29, 0.717) is 11.0 Å². The Labute approximate surface area is 128 Å². The molecule has 1 N–H and O–H groups in total. The molecular formula is C16H20N2O2S. The van der Waals surface area contributed by atoms with Crippen LogP contribution < -0.4 is 10.1 Å². The first-order valence-corrected chi connectivity index (χ1v) is 8.23. The van der Waals surface area contributed by atoms with Gasteiger partial charge in [-0.25, -0.2) is 4.98 Å². The Bertz CT molecular complexity index is 653. The molecule has 1 fully saturated rings. The summed E-state index contributed by atoms with van der Waals surface area (Å²) < 4.78 is 6.24. The molecule has 1 heterocycles. The molecule has 2 unspecified atom stereocenters. The first-order valence-electron chi connectivity index (χ1n) is 7.41. The highest BCUT2D eigenvalue weighted by Crippen LogP contribution is 2.32. The van der Waals surface area contributed by atoms with Crippen molar-refractivity contribution < 1.29 is 9.53 Å². The lowest BCUT2D eigenvalue weighted by molar-refractivity contribution is -0.121. The zero-order valence-corrected chi connectivity index (χ0v) is 13.2. The molecular weight excluding hydrogens is 284 g/mol. The van der Waals surface area contributed by atoms with Crippen LogP contribution in [0.2, 0.25) is 0 Å². The van der Waals surface area contributed by atoms with Crippen LogP contribution in [0.25, 0.3) is 10.2 Å². The third kappa shape index (κ3) is 3.18. The van der Waals surface area contributed by atoms with Crippen LogP contribution in [0.15, 0.2) is 18.2 Å². The number of methoxy groups -OCH3 is 1. The van der Waals surface area contributed by atoms with Gasteiger partial charge in [-0.1, -0.05) is 31.1 Å². The Morgan fingerprint density at radius 2 is 2.29 bits per heavy atom. The number of amides is 1. The number of aromatic nitrogens is 1. The van der Waals surface area contributed by atoms with Crippen molar-refractivity contribution in [3.8, 4) is 5.75 Å². The summed E-state index contributed by atoms with van der Waals surface area (Å²) in [5, 5.41) is 3.67. The van der Waals surface area contributed by atoms with Gasteiger partial charge in [-0.15, -0.1) is 0 Å². The molecule has 1 aliphatic carbocycles. The van der Waals surface area contributed by atoms with Gasteiger partial charge in [-0.2, -0.15) is 0 Å². The zero-order chi connectivity index (χ0) is 14.8. The fourth-order valence-electron chi connectivity index (χ4n) is 2.97. The van der Waals surface area contributed by atoms with Crippen LogP contribution in [0, 0.1) is 11.8 Å². The fraction of sp³-hybridized carbons (Fsp3) is 0.500. The van der Waals surface area contributed by atoms with Gasteiger partial charge in [-0.3, -0.25) is 4.79 Å². The number of nitrogens with one attached hydrogen (secondary N) is 1. The standard InChI is InChI=1S/C16H20N2O2S/c1-10-4-3-5-11(8-10)15(19)18-16-17-13-7-6-12(20-2)9-14(13)21-16/h6-7,9-11H,3-5,8H2,1-2H3,(H,17,18,19). The second kappa shape index (κ2) is 6.02. The van der Waals surface area contributed by atoms with Crippen LogP contribution in [0.3, 0.4) is 0 Å². The Kier molecular flexibility index (Phi) is 4.10. The van der Waals surface area contributed by atoms with Crippen LogP contribution in [0.1, 0.15) is 32.6 Å². The van der Waals surface area contributed by atoms with E-state index in [2.05, 4.69) is 17.2 Å². The van der Waals surface area contributed by atoms with Crippen molar-refractivity contribution in [1.29, 1.82) is 0 Å². The molecule has 4 nitrogen and oxygen atoms in total. The van der Waals surface area contributed by atoms with Gasteiger partial charge >= 0.3 is 0 Å². The summed E-state index contributed by atoms with van der Waals surface area (Å²) in [5.74, 6) is 1.71. The molecule has 0 aliphatic heterocycles. The number of hydrogen-bond donors (Lipinski definition) is 1. The second-order valence-electron chi connectivity index (χ2n) is 5.81. The largest absolute Gasteiger partial charge is 0.497 e. The maximum atomic E-state index is 12.3. The number of benzene rings is 1. The maximum Gasteiger partial charge on any atom is 0.229 e. The van der Waals surface area contributed by atoms with Crippen molar-refractivity contribution in [3.05, 3.63) is 18.2 Å². The number of nitrogens with zero attached hydrogens (tertiary/aromatic N) is 1. The predicted molar refractivity (Wildman–Crippen MR) is 85.9 cm³/mol. The average molecular weight is 304 g/mol. The monoisotopic (exact) mass is 304 g/mol. The Hall–Kier alpha value is -1.62. The topological polar surface area (TPSA) is 51.2 Å². The highest BCUT2D eigenvalue weighted by Gasteiger charge is 2.25. The van der Waals surface area contributed by atoms with Crippen LogP contribution in [-0.2, 0) is 4.79 Å². The molecule has 0 radical (unpaired) electrons. The lowest BCUT2D eigenvalue weighted by atomic mass is 9.82. The molecule has 1 aromatic heterocycles. The zero-order valence-electron chi connectivity index (χ0n) is 12.4. The Morgan fingerprint density at radius 1 is 1.43 bits per heavy atom. The van der Waals surface area contributed by atoms with E-state index in [9.17, 15) is 4.79 Å². The van der Waals surface area contributed by atoms with E-state index in [-0.39, 0.29) is 11.8 Å². The first kappa shape index (κ1) is 14.3. The van der Waals surface area contributed by atoms with Gasteiger partial charge in [0.2, 0.25) is 5.91 Å². The minimum absolute atomic E-state index is 0.118. The third-order valence-corrected chi connectivity index (χ3v) is 5.07. The number of carbonyl (C=O) groups is 1. The summed E-state index contributed by atoms with van der Waals surface area (Å²) >= 11 is 1.50. The predicted octanol–water partition coefficient (Wildman–Crippen LogP) is 4.07. The molecule has 5 heteroatoms. The molecule has 0 bridgehead atoms. The van der Waals surface area contributed by atoms with E-state index in [4.69, 9.17) is 4.74 Å². The van der Waals surface area contributed by atoms with E-state index >= 15 is 0 Å². The normalized spacial score (nSPS) is 22.2. The van der Waals surface area contributed by atoms with Crippen molar-refractivity contribution >= 4 is 32.6 Å². The molecule has 1 saturated carbocycles. The Balaban J connectivity index is 1.73. The van der Waals surface area contributed by atoms with Gasteiger partial charge in [0.15, 0.2) is 5.13 Å². The Morgan fingerprint density at radius 3 is 3.05 bits per heavy atom. The number of fused-ring (bicyclic) bond motifs is 1. The number of hydrogen-bond acceptors (Lipinski definition) is 4. The summed E-state index contributed by atoms with van der Waals surface area (Å²) in [6.45, 7) is 2.23. The van der Waals surface area contributed by atoms with Crippen molar-refractivity contribution in [3.63, 3.8) is 0 Å². The van der Waals surface area contributed by atoms with Gasteiger partial charge < -0.3 is 10.1 Å². The summed E-state index contributed by atoms with van der Waals surface area (Å²) in [5.41, 5.74) is 0.896. The average Bonchev–Trinajstić information content (AvgIpc) is 2.88. The van der Waals surface area contributed by atoms with Crippen LogP contribution in [-0.4, -0.2) is 18.0 Å². The summed E-state index contributed by atoms with van der Waals surface area (Å²) in [7, 11) is 1.65. The number of carbonyl (C=O) groups excluding carboxylic acids is 1. The first-order chi connectivity index (χ1) is 10.2. The van der Waals surface area contributed by atoms with Gasteiger partial charge in [0, 0.05) is 5.92 Å². The number of rotatable bonds is 3. The molecule has 0 saturated heterocycles. The van der Waals surface area contributed by atoms with Crippen molar-refractivity contribution in [2.75, 3.05) is 12.4 Å². The van der Waals surface area contributed by atoms with Crippen LogP contribution >= 0.6 is 11.3 Å². The summed E-state index contributed by atoms with van der Waals surface area (Å²) in [4.78, 5) is 16.8. The van der Waals surface area contributed by atoms with Crippen molar-refractivity contribution in [1.82, 2.24) is 4.98 Å². The fourth-order valence-corrected chi connectivity index (χ4v) is 3.86. The van der Waals surface area contributed by atoms with E-state index in [0.717, 1.165) is 35.2 Å². The smallest absolute Gasteiger partial charge is 0.229 e. The summed E-state index contributed by atoms with van der Waals surface area (Å²) in [6.07, 6.45) is 4.38. The lowest BCUT2D eigenvalue weighted by Crippen LogP contribution is -2.27. The molecule has 1 amide bonds. The SMILES string of the molecule is COc1ccc2nc(NC(=O)C3CCCC(C)C3)sc2c1. The highest BCUT2D eigenvalue weighted by atomic mass is 32.1. The van der Waals surface area contributed by atoms with Gasteiger partial charge in [-0.05, 0) is 37.0 Å². The number of thiazole rings is 1. The van der Waals surface area contributed by atoms with E-state index in [1.807, 2.05) is 18.2 Å². The molecule has 21 heavy (non-hydrogen) atoms. The molecule has 3 rings (SSSR count). The molecule has 2 atom stereocenters. The quantitative estimate of drug-likeness (QED) is 0.930. The third-order valence-electron chi connectivity index (χ3n) is 4.13. The molecule has 2 aromatic rings. The van der Waals surface area contributed by atoms with Gasteiger partial charge in [0.1, 0.15) is 5.75 Å². The number of anilines is 1. The van der Waals surface area contributed by atoms with Gasteiger partial charge in [0.05, 0.1) is 17.3 Å². The lowest BCUT2D eigenvalue weighted by Gasteiger charge is -2.25. The van der Waals surface area contributed by atoms with Crippen LogP contribution in [0.4, 0.5) is 5.13 Å².